The third kappa shape index (κ3) is 5.35. The molecule has 31 heavy (non-hydrogen) atoms. The van der Waals surface area contributed by atoms with E-state index in [9.17, 15) is 18.0 Å². The van der Waals surface area contributed by atoms with Gasteiger partial charge in [-0.15, -0.1) is 0 Å². The molecule has 3 N–H and O–H groups in total. The predicted octanol–water partition coefficient (Wildman–Crippen LogP) is 0.562. The Labute approximate surface area is 178 Å². The molecular weight excluding hydrogens is 430 g/mol. The van der Waals surface area contributed by atoms with Crippen molar-refractivity contribution in [2.45, 2.75) is 11.3 Å². The Hall–Kier alpha value is -3.51. The first-order valence-corrected chi connectivity index (χ1v) is 10.5. The van der Waals surface area contributed by atoms with Crippen LogP contribution in [0.1, 0.15) is 16.8 Å². The van der Waals surface area contributed by atoms with Crippen LogP contribution in [0.3, 0.4) is 0 Å². The van der Waals surface area contributed by atoms with E-state index >= 15 is 0 Å². The van der Waals surface area contributed by atoms with Crippen LogP contribution in [-0.4, -0.2) is 47.8 Å². The van der Waals surface area contributed by atoms with Crippen LogP contribution in [0.5, 0.6) is 23.0 Å². The topological polar surface area (TPSA) is 141 Å². The fraction of sp³-hybridized carbons (Fsp3) is 0.263. The van der Waals surface area contributed by atoms with Gasteiger partial charge in [0, 0.05) is 24.6 Å². The summed E-state index contributed by atoms with van der Waals surface area (Å²) in [5, 5.41) is 0. The molecule has 11 nitrogen and oxygen atoms in total. The highest BCUT2D eigenvalue weighted by molar-refractivity contribution is 7.89. The van der Waals surface area contributed by atoms with E-state index in [1.54, 1.807) is 6.07 Å². The number of hydrazine groups is 1. The van der Waals surface area contributed by atoms with E-state index in [4.69, 9.17) is 18.9 Å². The van der Waals surface area contributed by atoms with E-state index < -0.39 is 21.8 Å². The molecule has 1 heterocycles. The van der Waals surface area contributed by atoms with E-state index in [0.717, 1.165) is 0 Å². The summed E-state index contributed by atoms with van der Waals surface area (Å²) in [5.74, 6) is 0.473. The average molecular weight is 451 g/mol. The molecule has 3 rings (SSSR count). The fourth-order valence-electron chi connectivity index (χ4n) is 2.66. The minimum absolute atomic E-state index is 0.0401. The predicted molar refractivity (Wildman–Crippen MR) is 108 cm³/mol. The minimum Gasteiger partial charge on any atom is -0.493 e. The molecule has 0 aliphatic carbocycles. The Kier molecular flexibility index (Phi) is 6.82. The Balaban J connectivity index is 1.48. The molecule has 1 aliphatic heterocycles. The smallest absolute Gasteiger partial charge is 0.269 e. The van der Waals surface area contributed by atoms with Crippen molar-refractivity contribution >= 4 is 21.8 Å². The van der Waals surface area contributed by atoms with Crippen LogP contribution < -0.4 is 34.5 Å². The number of fused-ring (bicyclic) bond motifs is 1. The summed E-state index contributed by atoms with van der Waals surface area (Å²) in [6.07, 6.45) is -0.200. The highest BCUT2D eigenvalue weighted by atomic mass is 32.2. The monoisotopic (exact) mass is 451 g/mol. The summed E-state index contributed by atoms with van der Waals surface area (Å²) >= 11 is 0. The van der Waals surface area contributed by atoms with Crippen LogP contribution in [0, 0.1) is 0 Å². The lowest BCUT2D eigenvalue weighted by Gasteiger charge is -2.11. The van der Waals surface area contributed by atoms with E-state index in [2.05, 4.69) is 15.6 Å². The van der Waals surface area contributed by atoms with E-state index in [1.165, 1.54) is 44.6 Å². The number of hydrogen-bond acceptors (Lipinski definition) is 8. The second-order valence-electron chi connectivity index (χ2n) is 6.23. The molecule has 2 aromatic rings. The number of amides is 2. The molecular formula is C19H21N3O8S. The highest BCUT2D eigenvalue weighted by Crippen LogP contribution is 2.32. The van der Waals surface area contributed by atoms with Gasteiger partial charge in [-0.1, -0.05) is 0 Å². The molecule has 0 atom stereocenters. The molecule has 0 unspecified atom stereocenters. The van der Waals surface area contributed by atoms with Crippen molar-refractivity contribution in [1.29, 1.82) is 0 Å². The number of sulfonamides is 1. The molecule has 0 fully saturated rings. The van der Waals surface area contributed by atoms with E-state index in [0.29, 0.717) is 17.2 Å². The number of benzene rings is 2. The number of nitrogens with one attached hydrogen (secondary N) is 3. The van der Waals surface area contributed by atoms with Crippen LogP contribution >= 0.6 is 0 Å². The summed E-state index contributed by atoms with van der Waals surface area (Å²) in [6, 6.07) is 8.73. The normalized spacial score (nSPS) is 12.2. The van der Waals surface area contributed by atoms with Gasteiger partial charge in [-0.2, -0.15) is 0 Å². The Morgan fingerprint density at radius 2 is 1.71 bits per heavy atom. The van der Waals surface area contributed by atoms with Crippen molar-refractivity contribution in [2.24, 2.45) is 0 Å². The van der Waals surface area contributed by atoms with Crippen LogP contribution in [-0.2, 0) is 14.8 Å². The van der Waals surface area contributed by atoms with Gasteiger partial charge in [0.25, 0.3) is 5.91 Å². The van der Waals surface area contributed by atoms with Crippen molar-refractivity contribution in [1.82, 2.24) is 15.6 Å². The minimum atomic E-state index is -3.87. The van der Waals surface area contributed by atoms with Gasteiger partial charge in [-0.3, -0.25) is 20.4 Å². The summed E-state index contributed by atoms with van der Waals surface area (Å²) in [6.45, 7) is -0.0985. The van der Waals surface area contributed by atoms with Crippen LogP contribution in [0.15, 0.2) is 41.3 Å². The molecule has 0 bridgehead atoms. The maximum absolute atomic E-state index is 12.4. The first kappa shape index (κ1) is 22.2. The Morgan fingerprint density at radius 1 is 0.968 bits per heavy atom. The van der Waals surface area contributed by atoms with Crippen LogP contribution in [0.2, 0.25) is 0 Å². The van der Waals surface area contributed by atoms with Gasteiger partial charge in [-0.05, 0) is 30.3 Å². The van der Waals surface area contributed by atoms with E-state index in [-0.39, 0.29) is 36.0 Å². The third-order valence-corrected chi connectivity index (χ3v) is 5.72. The van der Waals surface area contributed by atoms with Gasteiger partial charge in [0.1, 0.15) is 0 Å². The number of rotatable bonds is 8. The fourth-order valence-corrected chi connectivity index (χ4v) is 3.71. The second-order valence-corrected chi connectivity index (χ2v) is 8.00. The van der Waals surface area contributed by atoms with Gasteiger partial charge in [0.15, 0.2) is 23.0 Å². The first-order chi connectivity index (χ1) is 14.8. The molecule has 1 aliphatic rings. The lowest BCUT2D eigenvalue weighted by atomic mass is 10.2. The van der Waals surface area contributed by atoms with Gasteiger partial charge in [-0.25, -0.2) is 13.1 Å². The number of methoxy groups -OCH3 is 2. The quantitative estimate of drug-likeness (QED) is 0.495. The molecule has 0 saturated carbocycles. The van der Waals surface area contributed by atoms with E-state index in [1.807, 2.05) is 0 Å². The number of ether oxygens (including phenoxy) is 4. The Bertz CT molecular complexity index is 1090. The number of carbonyl (C=O) groups is 2. The zero-order chi connectivity index (χ0) is 22.4. The SMILES string of the molecule is COc1ccc(S(=O)(=O)NCCC(=O)NNC(=O)c2ccc3c(c2)OCO3)cc1OC. The van der Waals surface area contributed by atoms with Gasteiger partial charge in [0.2, 0.25) is 22.7 Å². The van der Waals surface area contributed by atoms with Crippen molar-refractivity contribution in [3.05, 3.63) is 42.0 Å². The zero-order valence-corrected chi connectivity index (χ0v) is 17.6. The van der Waals surface area contributed by atoms with Gasteiger partial charge < -0.3 is 18.9 Å². The summed E-state index contributed by atoms with van der Waals surface area (Å²) in [7, 11) is -1.04. The molecule has 0 saturated heterocycles. The average Bonchev–Trinajstić information content (AvgIpc) is 3.24. The third-order valence-electron chi connectivity index (χ3n) is 4.26. The number of carbonyl (C=O) groups excluding carboxylic acids is 2. The van der Waals surface area contributed by atoms with Crippen molar-refractivity contribution in [3.8, 4) is 23.0 Å². The molecule has 0 spiro atoms. The summed E-state index contributed by atoms with van der Waals surface area (Å²) < 4.78 is 47.6. The lowest BCUT2D eigenvalue weighted by molar-refractivity contribution is -0.121. The van der Waals surface area contributed by atoms with Crippen LogP contribution in [0.25, 0.3) is 0 Å². The van der Waals surface area contributed by atoms with Crippen molar-refractivity contribution < 1.29 is 37.0 Å². The molecule has 0 aromatic heterocycles. The Morgan fingerprint density at radius 3 is 2.45 bits per heavy atom. The van der Waals surface area contributed by atoms with Crippen molar-refractivity contribution in [3.63, 3.8) is 0 Å². The zero-order valence-electron chi connectivity index (χ0n) is 16.8. The largest absolute Gasteiger partial charge is 0.493 e. The van der Waals surface area contributed by atoms with Gasteiger partial charge >= 0.3 is 0 Å². The molecule has 2 amide bonds. The summed E-state index contributed by atoms with van der Waals surface area (Å²) in [4.78, 5) is 24.0. The first-order valence-electron chi connectivity index (χ1n) is 9.04. The van der Waals surface area contributed by atoms with Crippen LogP contribution in [0.4, 0.5) is 0 Å². The molecule has 2 aromatic carbocycles. The molecule has 166 valence electrons. The van der Waals surface area contributed by atoms with Gasteiger partial charge in [0.05, 0.1) is 19.1 Å². The standard InChI is InChI=1S/C19H21N3O8S/c1-27-14-6-4-13(10-16(14)28-2)31(25,26)20-8-7-18(23)21-22-19(24)12-3-5-15-17(9-12)30-11-29-15/h3-6,9-10,20H,7-8,11H2,1-2H3,(H,21,23)(H,22,24). The maximum Gasteiger partial charge on any atom is 0.269 e. The summed E-state index contributed by atoms with van der Waals surface area (Å²) in [5.41, 5.74) is 4.74. The number of hydrogen-bond donors (Lipinski definition) is 3. The highest BCUT2D eigenvalue weighted by Gasteiger charge is 2.18. The maximum atomic E-state index is 12.4. The van der Waals surface area contributed by atoms with Crippen molar-refractivity contribution in [2.75, 3.05) is 27.6 Å². The second kappa shape index (κ2) is 9.53. The molecule has 0 radical (unpaired) electrons. The lowest BCUT2D eigenvalue weighted by Crippen LogP contribution is -2.42. The molecule has 12 heteroatoms.